The summed E-state index contributed by atoms with van der Waals surface area (Å²) in [6.07, 6.45) is 1.58. The molecular weight excluding hydrogens is 411 g/mol. The van der Waals surface area contributed by atoms with Crippen molar-refractivity contribution in [1.29, 1.82) is 0 Å². The normalized spacial score (nSPS) is 15.8. The quantitative estimate of drug-likeness (QED) is 0.371. The second-order valence-electron chi connectivity index (χ2n) is 7.17. The molecule has 7 nitrogen and oxygen atoms in total. The zero-order valence-corrected chi connectivity index (χ0v) is 17.3. The van der Waals surface area contributed by atoms with E-state index in [1.807, 2.05) is 0 Å². The van der Waals surface area contributed by atoms with E-state index < -0.39 is 10.0 Å². The molecule has 0 aromatic heterocycles. The molecule has 1 fully saturated rings. The lowest BCUT2D eigenvalue weighted by atomic mass is 10.1. The highest BCUT2D eigenvalue weighted by Gasteiger charge is 2.31. The predicted molar refractivity (Wildman–Crippen MR) is 108 cm³/mol. The van der Waals surface area contributed by atoms with Crippen LogP contribution in [0, 0.1) is 5.82 Å². The molecule has 9 heteroatoms. The summed E-state index contributed by atoms with van der Waals surface area (Å²) < 4.78 is 46.6. The average Bonchev–Trinajstić information content (AvgIpc) is 2.77. The molecule has 0 unspecified atom stereocenters. The van der Waals surface area contributed by atoms with Crippen molar-refractivity contribution in [2.24, 2.45) is 0 Å². The topological polar surface area (TPSA) is 87.2 Å². The maximum atomic E-state index is 13.1. The van der Waals surface area contributed by atoms with Gasteiger partial charge in [0.15, 0.2) is 0 Å². The molecule has 1 heterocycles. The van der Waals surface area contributed by atoms with Crippen LogP contribution in [0.2, 0.25) is 0 Å². The molecule has 1 aliphatic rings. The summed E-state index contributed by atoms with van der Waals surface area (Å²) in [5, 5.41) is 9.80. The third-order valence-electron chi connectivity index (χ3n) is 5.12. The van der Waals surface area contributed by atoms with Gasteiger partial charge in [0.2, 0.25) is 16.4 Å². The van der Waals surface area contributed by atoms with E-state index >= 15 is 0 Å². The first-order chi connectivity index (χ1) is 14.4. The fourth-order valence-electron chi connectivity index (χ4n) is 3.42. The lowest BCUT2D eigenvalue weighted by Crippen LogP contribution is -2.41. The number of carbonyl (C=O) groups is 1. The van der Waals surface area contributed by atoms with Crippen molar-refractivity contribution >= 4 is 16.4 Å². The Balaban J connectivity index is 1.59. The Morgan fingerprint density at radius 1 is 1.13 bits per heavy atom. The summed E-state index contributed by atoms with van der Waals surface area (Å²) in [5.74, 6) is -0.296. The van der Waals surface area contributed by atoms with Crippen molar-refractivity contribution in [3.8, 4) is 0 Å². The molecule has 30 heavy (non-hydrogen) atoms. The Labute approximate surface area is 175 Å². The SMILES string of the molecule is O=CN(O)CCc1ccccc1S(=O)(=O)N1CCC(OCc2ccc(F)cc2)CC1. The van der Waals surface area contributed by atoms with Crippen LogP contribution in [-0.4, -0.2) is 55.1 Å². The molecule has 2 aromatic carbocycles. The molecule has 1 aliphatic heterocycles. The second-order valence-corrected chi connectivity index (χ2v) is 9.07. The lowest BCUT2D eigenvalue weighted by molar-refractivity contribution is -0.149. The van der Waals surface area contributed by atoms with Crippen LogP contribution < -0.4 is 0 Å². The number of benzene rings is 2. The summed E-state index contributed by atoms with van der Waals surface area (Å²) in [5.41, 5.74) is 1.42. The van der Waals surface area contributed by atoms with Gasteiger partial charge >= 0.3 is 0 Å². The summed E-state index contributed by atoms with van der Waals surface area (Å²) in [6, 6.07) is 12.7. The lowest BCUT2D eigenvalue weighted by Gasteiger charge is -2.31. The van der Waals surface area contributed by atoms with E-state index in [0.717, 1.165) is 5.56 Å². The summed E-state index contributed by atoms with van der Waals surface area (Å²) >= 11 is 0. The van der Waals surface area contributed by atoms with Gasteiger partial charge in [0.25, 0.3) is 0 Å². The Hall–Kier alpha value is -2.33. The average molecular weight is 437 g/mol. The molecule has 0 saturated carbocycles. The molecule has 0 aliphatic carbocycles. The number of halogens is 1. The fraction of sp³-hybridized carbons (Fsp3) is 0.381. The molecule has 0 radical (unpaired) electrons. The van der Waals surface area contributed by atoms with Crippen molar-refractivity contribution in [1.82, 2.24) is 9.37 Å². The van der Waals surface area contributed by atoms with Gasteiger partial charge in [0, 0.05) is 13.1 Å². The van der Waals surface area contributed by atoms with E-state index in [1.165, 1.54) is 16.4 Å². The molecule has 1 saturated heterocycles. The highest BCUT2D eigenvalue weighted by molar-refractivity contribution is 7.89. The minimum atomic E-state index is -3.69. The molecule has 0 spiro atoms. The number of hydrogen-bond donors (Lipinski definition) is 1. The van der Waals surface area contributed by atoms with Gasteiger partial charge < -0.3 is 4.74 Å². The first-order valence-corrected chi connectivity index (χ1v) is 11.2. The maximum absolute atomic E-state index is 13.1. The largest absolute Gasteiger partial charge is 0.373 e. The maximum Gasteiger partial charge on any atom is 0.243 e. The Morgan fingerprint density at radius 2 is 1.80 bits per heavy atom. The number of rotatable bonds is 9. The van der Waals surface area contributed by atoms with Crippen LogP contribution in [0.4, 0.5) is 4.39 Å². The van der Waals surface area contributed by atoms with Gasteiger partial charge in [-0.2, -0.15) is 4.31 Å². The third kappa shape index (κ3) is 5.63. The molecule has 3 rings (SSSR count). The van der Waals surface area contributed by atoms with Crippen LogP contribution in [-0.2, 0) is 32.6 Å². The van der Waals surface area contributed by atoms with Crippen LogP contribution in [0.15, 0.2) is 53.4 Å². The van der Waals surface area contributed by atoms with E-state index in [-0.39, 0.29) is 36.2 Å². The van der Waals surface area contributed by atoms with Gasteiger partial charge in [-0.15, -0.1) is 0 Å². The number of hydroxylamine groups is 2. The molecule has 1 N–H and O–H groups in total. The Kier molecular flexibility index (Phi) is 7.54. The third-order valence-corrected chi connectivity index (χ3v) is 7.12. The van der Waals surface area contributed by atoms with Crippen LogP contribution in [0.5, 0.6) is 0 Å². The number of amides is 1. The Bertz CT molecular complexity index is 944. The Morgan fingerprint density at radius 3 is 2.47 bits per heavy atom. The standard InChI is InChI=1S/C21H25FN2O5S/c22-19-7-5-17(6-8-19)15-29-20-10-13-24(14-11-20)30(27,28)21-4-2-1-3-18(21)9-12-23(26)16-25/h1-8,16,20,26H,9-15H2. The first-order valence-electron chi connectivity index (χ1n) is 9.75. The highest BCUT2D eigenvalue weighted by atomic mass is 32.2. The number of sulfonamides is 1. The fourth-order valence-corrected chi connectivity index (χ4v) is 5.14. The van der Waals surface area contributed by atoms with E-state index in [1.54, 1.807) is 36.4 Å². The van der Waals surface area contributed by atoms with Gasteiger partial charge in [-0.1, -0.05) is 30.3 Å². The van der Waals surface area contributed by atoms with E-state index in [9.17, 15) is 22.8 Å². The van der Waals surface area contributed by atoms with Crippen LogP contribution in [0.25, 0.3) is 0 Å². The molecular formula is C21H25FN2O5S. The van der Waals surface area contributed by atoms with Crippen molar-refractivity contribution in [3.63, 3.8) is 0 Å². The van der Waals surface area contributed by atoms with E-state index in [0.29, 0.717) is 43.2 Å². The van der Waals surface area contributed by atoms with E-state index in [2.05, 4.69) is 0 Å². The van der Waals surface area contributed by atoms with Crippen molar-refractivity contribution in [3.05, 3.63) is 65.5 Å². The molecule has 162 valence electrons. The minimum Gasteiger partial charge on any atom is -0.373 e. The van der Waals surface area contributed by atoms with Gasteiger partial charge in [-0.25, -0.2) is 17.9 Å². The zero-order valence-electron chi connectivity index (χ0n) is 16.5. The number of piperidine rings is 1. The number of carbonyl (C=O) groups excluding carboxylic acids is 1. The summed E-state index contributed by atoms with van der Waals surface area (Å²) in [7, 11) is -3.69. The zero-order chi connectivity index (χ0) is 21.6. The summed E-state index contributed by atoms with van der Waals surface area (Å²) in [4.78, 5) is 10.8. The predicted octanol–water partition coefficient (Wildman–Crippen LogP) is 2.59. The van der Waals surface area contributed by atoms with Crippen molar-refractivity contribution in [2.45, 2.75) is 36.9 Å². The van der Waals surface area contributed by atoms with Crippen molar-refractivity contribution in [2.75, 3.05) is 19.6 Å². The van der Waals surface area contributed by atoms with Crippen LogP contribution >= 0.6 is 0 Å². The molecule has 2 aromatic rings. The molecule has 1 amide bonds. The van der Waals surface area contributed by atoms with Crippen LogP contribution in [0.3, 0.4) is 0 Å². The van der Waals surface area contributed by atoms with Crippen LogP contribution in [0.1, 0.15) is 24.0 Å². The summed E-state index contributed by atoms with van der Waals surface area (Å²) in [6.45, 7) is 1.04. The first kappa shape index (κ1) is 22.4. The van der Waals surface area contributed by atoms with Gasteiger partial charge in [0.1, 0.15) is 5.82 Å². The van der Waals surface area contributed by atoms with Crippen molar-refractivity contribution < 1.29 is 27.5 Å². The number of ether oxygens (including phenoxy) is 1. The monoisotopic (exact) mass is 436 g/mol. The van der Waals surface area contributed by atoms with Gasteiger partial charge in [-0.3, -0.25) is 10.0 Å². The van der Waals surface area contributed by atoms with E-state index in [4.69, 9.17) is 4.74 Å². The molecule has 0 atom stereocenters. The van der Waals surface area contributed by atoms with Gasteiger partial charge in [-0.05, 0) is 48.6 Å². The number of hydrogen-bond acceptors (Lipinski definition) is 5. The second kappa shape index (κ2) is 10.1. The van der Waals surface area contributed by atoms with Gasteiger partial charge in [0.05, 0.1) is 24.2 Å². The minimum absolute atomic E-state index is 0.00926. The number of nitrogens with zero attached hydrogens (tertiary/aromatic N) is 2. The molecule has 0 bridgehead atoms. The smallest absolute Gasteiger partial charge is 0.243 e. The highest BCUT2D eigenvalue weighted by Crippen LogP contribution is 2.25.